The molecule has 1 aliphatic rings. The molecule has 1 N–H and O–H groups in total. The van der Waals surface area contributed by atoms with Crippen LogP contribution in [0.1, 0.15) is 33.6 Å². The first kappa shape index (κ1) is 13.8. The van der Waals surface area contributed by atoms with Crippen molar-refractivity contribution >= 4 is 12.0 Å². The fraction of sp³-hybridized carbons (Fsp3) is 0.833. The number of methoxy groups -OCH3 is 1. The Bertz CT molecular complexity index is 291. The van der Waals surface area contributed by atoms with Crippen molar-refractivity contribution in [3.05, 3.63) is 0 Å². The lowest BCUT2D eigenvalue weighted by molar-refractivity contribution is -0.134. The van der Waals surface area contributed by atoms with Crippen molar-refractivity contribution in [2.45, 2.75) is 45.7 Å². The predicted molar refractivity (Wildman–Crippen MR) is 64.6 cm³/mol. The molecule has 2 atom stereocenters. The minimum Gasteiger partial charge on any atom is -0.453 e. The molecule has 1 rings (SSSR count). The van der Waals surface area contributed by atoms with Gasteiger partial charge in [-0.15, -0.1) is 0 Å². The number of amides is 2. The molecule has 0 aliphatic carbocycles. The summed E-state index contributed by atoms with van der Waals surface area (Å²) in [6.07, 6.45) is 1.52. The first-order valence-corrected chi connectivity index (χ1v) is 6.12. The standard InChI is InChI=1S/C12H22N2O3/c1-8(2)10(13-12(16)17-4)11(15)14-7-5-6-9(14)3/h8-10H,5-7H2,1-4H3,(H,13,16)/t9-,10-/m1/s1. The molecule has 1 heterocycles. The second kappa shape index (κ2) is 5.89. The van der Waals surface area contributed by atoms with E-state index in [1.54, 1.807) is 0 Å². The molecule has 0 aromatic carbocycles. The third-order valence-electron chi connectivity index (χ3n) is 3.23. The quantitative estimate of drug-likeness (QED) is 0.813. The van der Waals surface area contributed by atoms with Gasteiger partial charge in [0.2, 0.25) is 5.91 Å². The molecule has 1 saturated heterocycles. The molecule has 5 nitrogen and oxygen atoms in total. The highest BCUT2D eigenvalue weighted by atomic mass is 16.5. The van der Waals surface area contributed by atoms with Gasteiger partial charge in [-0.2, -0.15) is 0 Å². The summed E-state index contributed by atoms with van der Waals surface area (Å²) in [7, 11) is 1.30. The zero-order chi connectivity index (χ0) is 13.0. The minimum atomic E-state index is -0.552. The minimum absolute atomic E-state index is 0.00426. The van der Waals surface area contributed by atoms with E-state index in [0.717, 1.165) is 19.4 Å². The van der Waals surface area contributed by atoms with E-state index in [4.69, 9.17) is 0 Å². The number of nitrogens with one attached hydrogen (secondary N) is 1. The van der Waals surface area contributed by atoms with Gasteiger partial charge in [0.05, 0.1) is 7.11 Å². The Hall–Kier alpha value is -1.26. The smallest absolute Gasteiger partial charge is 0.407 e. The largest absolute Gasteiger partial charge is 0.453 e. The zero-order valence-corrected chi connectivity index (χ0v) is 11.0. The molecule has 5 heteroatoms. The normalized spacial score (nSPS) is 21.5. The van der Waals surface area contributed by atoms with Gasteiger partial charge in [0.25, 0.3) is 0 Å². The fourth-order valence-corrected chi connectivity index (χ4v) is 2.14. The maximum absolute atomic E-state index is 12.3. The Kier molecular flexibility index (Phi) is 4.78. The van der Waals surface area contributed by atoms with Crippen LogP contribution in [0.15, 0.2) is 0 Å². The number of hydrogen-bond donors (Lipinski definition) is 1. The van der Waals surface area contributed by atoms with E-state index in [1.165, 1.54) is 7.11 Å². The van der Waals surface area contributed by atoms with Crippen molar-refractivity contribution in [3.63, 3.8) is 0 Å². The highest BCUT2D eigenvalue weighted by molar-refractivity contribution is 5.86. The van der Waals surface area contributed by atoms with Crippen molar-refractivity contribution in [2.75, 3.05) is 13.7 Å². The molecule has 0 unspecified atom stereocenters. The van der Waals surface area contributed by atoms with E-state index in [1.807, 2.05) is 25.7 Å². The molecule has 17 heavy (non-hydrogen) atoms. The number of alkyl carbamates (subject to hydrolysis) is 1. The van der Waals surface area contributed by atoms with Crippen LogP contribution in [0.5, 0.6) is 0 Å². The molecule has 1 fully saturated rings. The molecule has 0 aromatic heterocycles. The van der Waals surface area contributed by atoms with E-state index in [2.05, 4.69) is 10.1 Å². The number of nitrogens with zero attached hydrogens (tertiary/aromatic N) is 1. The van der Waals surface area contributed by atoms with Crippen LogP contribution in [0.25, 0.3) is 0 Å². The van der Waals surface area contributed by atoms with Gasteiger partial charge < -0.3 is 15.0 Å². The van der Waals surface area contributed by atoms with Crippen LogP contribution in [0.2, 0.25) is 0 Å². The zero-order valence-electron chi connectivity index (χ0n) is 11.0. The number of likely N-dealkylation sites (tertiary alicyclic amines) is 1. The molecule has 0 radical (unpaired) electrons. The Balaban J connectivity index is 2.69. The third-order valence-corrected chi connectivity index (χ3v) is 3.23. The predicted octanol–water partition coefficient (Wildman–Crippen LogP) is 1.38. The molecule has 0 saturated carbocycles. The molecule has 0 bridgehead atoms. The van der Waals surface area contributed by atoms with Crippen molar-refractivity contribution in [1.29, 1.82) is 0 Å². The molecule has 2 amide bonds. The monoisotopic (exact) mass is 242 g/mol. The van der Waals surface area contributed by atoms with Gasteiger partial charge in [-0.05, 0) is 25.7 Å². The lowest BCUT2D eigenvalue weighted by Crippen LogP contribution is -2.52. The number of rotatable bonds is 3. The topological polar surface area (TPSA) is 58.6 Å². The maximum Gasteiger partial charge on any atom is 0.407 e. The summed E-state index contributed by atoms with van der Waals surface area (Å²) in [5.74, 6) is 0.0461. The summed E-state index contributed by atoms with van der Waals surface area (Å²) in [5, 5.41) is 2.61. The molecular formula is C12H22N2O3. The second-order valence-corrected chi connectivity index (χ2v) is 4.88. The van der Waals surface area contributed by atoms with Gasteiger partial charge >= 0.3 is 6.09 Å². The molecule has 1 aliphatic heterocycles. The highest BCUT2D eigenvalue weighted by Crippen LogP contribution is 2.19. The van der Waals surface area contributed by atoms with Gasteiger partial charge in [0, 0.05) is 12.6 Å². The van der Waals surface area contributed by atoms with E-state index in [0.29, 0.717) is 0 Å². The third kappa shape index (κ3) is 3.35. The van der Waals surface area contributed by atoms with Gasteiger partial charge in [0.1, 0.15) is 6.04 Å². The number of ether oxygens (including phenoxy) is 1. The SMILES string of the molecule is COC(=O)N[C@@H](C(=O)N1CCC[C@H]1C)C(C)C. The highest BCUT2D eigenvalue weighted by Gasteiger charge is 2.33. The first-order chi connectivity index (χ1) is 7.97. The van der Waals surface area contributed by atoms with E-state index >= 15 is 0 Å². The van der Waals surface area contributed by atoms with Gasteiger partial charge in [0.15, 0.2) is 0 Å². The summed E-state index contributed by atoms with van der Waals surface area (Å²) in [6, 6.07) is -0.230. The first-order valence-electron chi connectivity index (χ1n) is 6.12. The van der Waals surface area contributed by atoms with Crippen LogP contribution in [-0.4, -0.2) is 42.6 Å². The van der Waals surface area contributed by atoms with Gasteiger partial charge in [-0.1, -0.05) is 13.8 Å². The van der Waals surface area contributed by atoms with Gasteiger partial charge in [-0.3, -0.25) is 4.79 Å². The van der Waals surface area contributed by atoms with E-state index in [9.17, 15) is 9.59 Å². The molecular weight excluding hydrogens is 220 g/mol. The van der Waals surface area contributed by atoms with Crippen LogP contribution >= 0.6 is 0 Å². The van der Waals surface area contributed by atoms with Crippen molar-refractivity contribution < 1.29 is 14.3 Å². The Morgan fingerprint density at radius 3 is 2.47 bits per heavy atom. The Labute approximate surface area is 102 Å². The Morgan fingerprint density at radius 2 is 2.06 bits per heavy atom. The van der Waals surface area contributed by atoms with Gasteiger partial charge in [-0.25, -0.2) is 4.79 Å². The average Bonchev–Trinajstić information content (AvgIpc) is 2.70. The van der Waals surface area contributed by atoms with E-state index in [-0.39, 0.29) is 17.9 Å². The van der Waals surface area contributed by atoms with E-state index < -0.39 is 12.1 Å². The van der Waals surface area contributed by atoms with Crippen LogP contribution in [-0.2, 0) is 9.53 Å². The van der Waals surface area contributed by atoms with Crippen molar-refractivity contribution in [1.82, 2.24) is 10.2 Å². The van der Waals surface area contributed by atoms with Crippen molar-refractivity contribution in [3.8, 4) is 0 Å². The van der Waals surface area contributed by atoms with Crippen LogP contribution in [0.4, 0.5) is 4.79 Å². The molecule has 0 aromatic rings. The average molecular weight is 242 g/mol. The number of hydrogen-bond acceptors (Lipinski definition) is 3. The summed E-state index contributed by atoms with van der Waals surface area (Å²) in [5.41, 5.74) is 0. The molecule has 98 valence electrons. The fourth-order valence-electron chi connectivity index (χ4n) is 2.14. The molecule has 0 spiro atoms. The van der Waals surface area contributed by atoms with Crippen LogP contribution in [0, 0.1) is 5.92 Å². The summed E-state index contributed by atoms with van der Waals surface area (Å²) >= 11 is 0. The summed E-state index contributed by atoms with van der Waals surface area (Å²) in [6.45, 7) is 6.66. The van der Waals surface area contributed by atoms with Crippen LogP contribution in [0.3, 0.4) is 0 Å². The lowest BCUT2D eigenvalue weighted by atomic mass is 10.0. The number of carbonyl (C=O) groups excluding carboxylic acids is 2. The Morgan fingerprint density at radius 1 is 1.41 bits per heavy atom. The van der Waals surface area contributed by atoms with Crippen LogP contribution < -0.4 is 5.32 Å². The second-order valence-electron chi connectivity index (χ2n) is 4.88. The summed E-state index contributed by atoms with van der Waals surface area (Å²) in [4.78, 5) is 25.4. The maximum atomic E-state index is 12.3. The lowest BCUT2D eigenvalue weighted by Gasteiger charge is -2.29. The summed E-state index contributed by atoms with van der Waals surface area (Å²) < 4.78 is 4.55. The number of carbonyl (C=O) groups is 2. The van der Waals surface area contributed by atoms with Crippen molar-refractivity contribution in [2.24, 2.45) is 5.92 Å².